The zero-order chi connectivity index (χ0) is 16.2. The zero-order valence-electron chi connectivity index (χ0n) is 12.5. The normalized spacial score (nSPS) is 20.4. The topological polar surface area (TPSA) is 113 Å². The summed E-state index contributed by atoms with van der Waals surface area (Å²) in [4.78, 5) is 23.5. The maximum Gasteiger partial charge on any atom is 0.378 e. The third-order valence-electron chi connectivity index (χ3n) is 3.37. The standard InChI is InChI=1S/C14H22O7/c1-4-5-6-14(2,3)13(19)21-11-9(17)12(18)20-10(11)8(16)7-15/h8,10,15-17H,4-7H2,1-3H3/t8-,10+/m0/s1. The molecule has 21 heavy (non-hydrogen) atoms. The first kappa shape index (κ1) is 17.5. The Balaban J connectivity index is 2.87. The third-order valence-corrected chi connectivity index (χ3v) is 3.37. The van der Waals surface area contributed by atoms with Crippen LogP contribution in [-0.2, 0) is 19.1 Å². The third kappa shape index (κ3) is 3.95. The summed E-state index contributed by atoms with van der Waals surface area (Å²) in [5.74, 6) is -3.03. The van der Waals surface area contributed by atoms with Crippen LogP contribution in [0, 0.1) is 5.41 Å². The van der Waals surface area contributed by atoms with E-state index in [1.54, 1.807) is 13.8 Å². The van der Waals surface area contributed by atoms with Gasteiger partial charge in [0.2, 0.25) is 11.5 Å². The number of rotatable bonds is 7. The van der Waals surface area contributed by atoms with E-state index in [1.165, 1.54) is 0 Å². The highest BCUT2D eigenvalue weighted by atomic mass is 16.6. The predicted octanol–water partition coefficient (Wildman–Crippen LogP) is 0.794. The van der Waals surface area contributed by atoms with Crippen molar-refractivity contribution in [2.75, 3.05) is 6.61 Å². The molecule has 0 spiro atoms. The van der Waals surface area contributed by atoms with Gasteiger partial charge in [-0.1, -0.05) is 19.8 Å². The van der Waals surface area contributed by atoms with Crippen molar-refractivity contribution in [1.82, 2.24) is 0 Å². The molecular weight excluding hydrogens is 280 g/mol. The zero-order valence-corrected chi connectivity index (χ0v) is 12.5. The highest BCUT2D eigenvalue weighted by molar-refractivity contribution is 5.90. The van der Waals surface area contributed by atoms with E-state index >= 15 is 0 Å². The summed E-state index contributed by atoms with van der Waals surface area (Å²) in [5.41, 5.74) is -0.802. The molecule has 0 saturated carbocycles. The number of unbranched alkanes of at least 4 members (excludes halogenated alkanes) is 1. The summed E-state index contributed by atoms with van der Waals surface area (Å²) < 4.78 is 9.75. The number of aliphatic hydroxyl groups is 3. The van der Waals surface area contributed by atoms with Gasteiger partial charge in [-0.25, -0.2) is 4.79 Å². The fraction of sp³-hybridized carbons (Fsp3) is 0.714. The van der Waals surface area contributed by atoms with E-state index in [2.05, 4.69) is 4.74 Å². The largest absolute Gasteiger partial charge is 0.499 e. The smallest absolute Gasteiger partial charge is 0.378 e. The summed E-state index contributed by atoms with van der Waals surface area (Å²) in [6, 6.07) is 0. The Morgan fingerprint density at radius 3 is 2.62 bits per heavy atom. The van der Waals surface area contributed by atoms with Crippen LogP contribution >= 0.6 is 0 Å². The fourth-order valence-corrected chi connectivity index (χ4v) is 1.87. The van der Waals surface area contributed by atoms with Gasteiger partial charge in [0.1, 0.15) is 6.10 Å². The Labute approximate surface area is 123 Å². The molecule has 1 heterocycles. The first-order valence-corrected chi connectivity index (χ1v) is 6.90. The first-order chi connectivity index (χ1) is 9.74. The summed E-state index contributed by atoms with van der Waals surface area (Å²) in [7, 11) is 0. The molecule has 0 bridgehead atoms. The quantitative estimate of drug-likeness (QED) is 0.596. The number of carbonyl (C=O) groups is 2. The molecule has 0 aromatic rings. The molecule has 0 saturated heterocycles. The average molecular weight is 302 g/mol. The molecule has 0 fully saturated rings. The van der Waals surface area contributed by atoms with Gasteiger partial charge in [-0.2, -0.15) is 0 Å². The van der Waals surface area contributed by atoms with Crippen LogP contribution in [0.4, 0.5) is 0 Å². The van der Waals surface area contributed by atoms with E-state index in [4.69, 9.17) is 9.84 Å². The molecule has 7 heteroatoms. The maximum absolute atomic E-state index is 12.2. The Hall–Kier alpha value is -1.60. The number of esters is 2. The molecule has 1 aliphatic rings. The summed E-state index contributed by atoms with van der Waals surface area (Å²) >= 11 is 0. The lowest BCUT2D eigenvalue weighted by atomic mass is 9.87. The molecule has 3 N–H and O–H groups in total. The van der Waals surface area contributed by atoms with Crippen molar-refractivity contribution in [3.63, 3.8) is 0 Å². The molecule has 1 aliphatic heterocycles. The van der Waals surface area contributed by atoms with Crippen molar-refractivity contribution >= 4 is 11.9 Å². The van der Waals surface area contributed by atoms with Crippen LogP contribution in [-0.4, -0.2) is 46.1 Å². The minimum atomic E-state index is -1.47. The molecule has 1 rings (SSSR count). The Morgan fingerprint density at radius 2 is 2.10 bits per heavy atom. The van der Waals surface area contributed by atoms with Gasteiger partial charge in [-0.3, -0.25) is 4.79 Å². The van der Waals surface area contributed by atoms with E-state index in [9.17, 15) is 19.8 Å². The highest BCUT2D eigenvalue weighted by Crippen LogP contribution is 2.30. The monoisotopic (exact) mass is 302 g/mol. The molecule has 7 nitrogen and oxygen atoms in total. The van der Waals surface area contributed by atoms with Gasteiger partial charge >= 0.3 is 11.9 Å². The minimum Gasteiger partial charge on any atom is -0.499 e. The van der Waals surface area contributed by atoms with E-state index < -0.39 is 47.7 Å². The summed E-state index contributed by atoms with van der Waals surface area (Å²) in [5, 5.41) is 28.1. The predicted molar refractivity (Wildman–Crippen MR) is 72.0 cm³/mol. The maximum atomic E-state index is 12.2. The van der Waals surface area contributed by atoms with Gasteiger partial charge in [-0.05, 0) is 20.3 Å². The minimum absolute atomic E-state index is 0.448. The molecule has 2 atom stereocenters. The lowest BCUT2D eigenvalue weighted by molar-refractivity contribution is -0.156. The van der Waals surface area contributed by atoms with Crippen molar-refractivity contribution in [3.05, 3.63) is 11.5 Å². The Morgan fingerprint density at radius 1 is 1.48 bits per heavy atom. The molecule has 120 valence electrons. The number of cyclic esters (lactones) is 1. The van der Waals surface area contributed by atoms with E-state index in [0.29, 0.717) is 6.42 Å². The van der Waals surface area contributed by atoms with Gasteiger partial charge in [0, 0.05) is 0 Å². The first-order valence-electron chi connectivity index (χ1n) is 6.90. The van der Waals surface area contributed by atoms with E-state index in [-0.39, 0.29) is 0 Å². The van der Waals surface area contributed by atoms with Crippen LogP contribution in [0.3, 0.4) is 0 Å². The fourth-order valence-electron chi connectivity index (χ4n) is 1.87. The highest BCUT2D eigenvalue weighted by Gasteiger charge is 2.43. The van der Waals surface area contributed by atoms with Crippen LogP contribution in [0.5, 0.6) is 0 Å². The summed E-state index contributed by atoms with van der Waals surface area (Å²) in [6.45, 7) is 4.67. The SMILES string of the molecule is CCCCC(C)(C)C(=O)OC1=C(O)C(=O)O[C@@H]1[C@@H](O)CO. The van der Waals surface area contributed by atoms with Crippen molar-refractivity contribution in [2.45, 2.75) is 52.2 Å². The van der Waals surface area contributed by atoms with Gasteiger partial charge in [0.05, 0.1) is 12.0 Å². The van der Waals surface area contributed by atoms with Crippen LogP contribution < -0.4 is 0 Å². The number of aliphatic hydroxyl groups excluding tert-OH is 3. The van der Waals surface area contributed by atoms with Crippen molar-refractivity contribution in [1.29, 1.82) is 0 Å². The second-order valence-electron chi connectivity index (χ2n) is 5.67. The van der Waals surface area contributed by atoms with Crippen LogP contribution in [0.15, 0.2) is 11.5 Å². The van der Waals surface area contributed by atoms with Crippen LogP contribution in [0.2, 0.25) is 0 Å². The molecular formula is C14H22O7. The summed E-state index contributed by atoms with van der Waals surface area (Å²) in [6.07, 6.45) is -0.532. The van der Waals surface area contributed by atoms with Crippen molar-refractivity contribution < 1.29 is 34.4 Å². The average Bonchev–Trinajstić information content (AvgIpc) is 2.72. The Kier molecular flexibility index (Phi) is 5.74. The lowest BCUT2D eigenvalue weighted by Crippen LogP contribution is -2.35. The molecule has 0 amide bonds. The lowest BCUT2D eigenvalue weighted by Gasteiger charge is -2.24. The second kappa shape index (κ2) is 6.91. The number of hydrogen-bond acceptors (Lipinski definition) is 7. The molecule has 0 radical (unpaired) electrons. The van der Waals surface area contributed by atoms with Gasteiger partial charge < -0.3 is 24.8 Å². The number of carbonyl (C=O) groups excluding carboxylic acids is 2. The molecule has 0 unspecified atom stereocenters. The van der Waals surface area contributed by atoms with Crippen molar-refractivity contribution in [2.24, 2.45) is 5.41 Å². The van der Waals surface area contributed by atoms with E-state index in [1.807, 2.05) is 6.92 Å². The number of hydrogen-bond donors (Lipinski definition) is 3. The number of ether oxygens (including phenoxy) is 2. The van der Waals surface area contributed by atoms with Gasteiger partial charge in [0.25, 0.3) is 0 Å². The van der Waals surface area contributed by atoms with Crippen LogP contribution in [0.25, 0.3) is 0 Å². The van der Waals surface area contributed by atoms with Crippen LogP contribution in [0.1, 0.15) is 40.0 Å². The molecule has 0 aromatic heterocycles. The van der Waals surface area contributed by atoms with Gasteiger partial charge in [-0.15, -0.1) is 0 Å². The van der Waals surface area contributed by atoms with E-state index in [0.717, 1.165) is 12.8 Å². The molecule has 0 aliphatic carbocycles. The van der Waals surface area contributed by atoms with Crippen molar-refractivity contribution in [3.8, 4) is 0 Å². The Bertz CT molecular complexity index is 439. The van der Waals surface area contributed by atoms with Gasteiger partial charge in [0.15, 0.2) is 6.10 Å². The molecule has 0 aromatic carbocycles. The second-order valence-corrected chi connectivity index (χ2v) is 5.67.